The molecule has 0 aliphatic carbocycles. The van der Waals surface area contributed by atoms with Crippen LogP contribution in [0.1, 0.15) is 6.92 Å². The number of aromatic nitrogens is 2. The summed E-state index contributed by atoms with van der Waals surface area (Å²) in [5.74, 6) is -0.190. The van der Waals surface area contributed by atoms with Gasteiger partial charge in [0.1, 0.15) is 6.20 Å². The van der Waals surface area contributed by atoms with Crippen LogP contribution in [0.3, 0.4) is 0 Å². The smallest absolute Gasteiger partial charge is 0.287 e. The van der Waals surface area contributed by atoms with Crippen molar-refractivity contribution in [3.63, 3.8) is 0 Å². The molecule has 2 rings (SSSR count). The zero-order valence-corrected chi connectivity index (χ0v) is 12.0. The highest BCUT2D eigenvalue weighted by Crippen LogP contribution is 2.24. The molecule has 0 aliphatic heterocycles. The molecule has 1 amide bonds. The molecule has 7 nitrogen and oxygen atoms in total. The number of nitrogens with one attached hydrogen (secondary N) is 1. The molecule has 1 N–H and O–H groups in total. The minimum atomic E-state index is -0.514. The Morgan fingerprint density at radius 2 is 2.30 bits per heavy atom. The lowest BCUT2D eigenvalue weighted by molar-refractivity contribution is -0.385. The number of hydrogen-bond acceptors (Lipinski definition) is 7. The Balaban J connectivity index is 1.95. The third-order valence-corrected chi connectivity index (χ3v) is 4.00. The van der Waals surface area contributed by atoms with E-state index in [-0.39, 0.29) is 16.8 Å². The zero-order chi connectivity index (χ0) is 14.5. The van der Waals surface area contributed by atoms with E-state index in [1.165, 1.54) is 41.4 Å². The van der Waals surface area contributed by atoms with Crippen molar-refractivity contribution in [3.8, 4) is 0 Å². The van der Waals surface area contributed by atoms with E-state index in [2.05, 4.69) is 15.3 Å². The first-order chi connectivity index (χ1) is 9.56. The fourth-order valence-electron chi connectivity index (χ4n) is 1.28. The number of thioether (sulfide) groups is 1. The predicted molar refractivity (Wildman–Crippen MR) is 77.0 cm³/mol. The summed E-state index contributed by atoms with van der Waals surface area (Å²) in [4.78, 5) is 29.8. The topological polar surface area (TPSA) is 98.0 Å². The van der Waals surface area contributed by atoms with Crippen LogP contribution in [-0.2, 0) is 4.79 Å². The third-order valence-electron chi connectivity index (χ3n) is 2.26. The fraction of sp³-hybridized carbons (Fsp3) is 0.182. The number of thiazole rings is 1. The van der Waals surface area contributed by atoms with Gasteiger partial charge in [-0.25, -0.2) is 9.97 Å². The van der Waals surface area contributed by atoms with Gasteiger partial charge in [-0.1, -0.05) is 11.8 Å². The number of rotatable bonds is 5. The second-order valence-electron chi connectivity index (χ2n) is 3.70. The molecule has 0 bridgehead atoms. The molecular formula is C11H10N4O3S2. The molecule has 2 aromatic heterocycles. The number of amides is 1. The maximum atomic E-state index is 11.9. The first kappa shape index (κ1) is 14.4. The van der Waals surface area contributed by atoms with Gasteiger partial charge in [0.2, 0.25) is 5.91 Å². The van der Waals surface area contributed by atoms with Gasteiger partial charge in [-0.2, -0.15) is 0 Å². The minimum Gasteiger partial charge on any atom is -0.301 e. The molecule has 2 aromatic rings. The van der Waals surface area contributed by atoms with E-state index in [4.69, 9.17) is 0 Å². The van der Waals surface area contributed by atoms with Gasteiger partial charge >= 0.3 is 0 Å². The molecule has 0 aliphatic rings. The predicted octanol–water partition coefficient (Wildman–Crippen LogP) is 2.57. The van der Waals surface area contributed by atoms with Gasteiger partial charge in [0.15, 0.2) is 5.13 Å². The maximum absolute atomic E-state index is 11.9. The van der Waals surface area contributed by atoms with Crippen LogP contribution in [0.15, 0.2) is 34.9 Å². The lowest BCUT2D eigenvalue weighted by Gasteiger charge is -2.09. The van der Waals surface area contributed by atoms with Crippen LogP contribution in [0.25, 0.3) is 0 Å². The summed E-state index contributed by atoms with van der Waals surface area (Å²) >= 11 is 2.56. The van der Waals surface area contributed by atoms with Crippen LogP contribution < -0.4 is 5.32 Å². The van der Waals surface area contributed by atoms with Crippen molar-refractivity contribution in [3.05, 3.63) is 40.0 Å². The lowest BCUT2D eigenvalue weighted by Crippen LogP contribution is -2.22. The third kappa shape index (κ3) is 3.75. The molecule has 9 heteroatoms. The van der Waals surface area contributed by atoms with Crippen molar-refractivity contribution in [2.45, 2.75) is 17.2 Å². The Kier molecular flexibility index (Phi) is 4.64. The van der Waals surface area contributed by atoms with Crippen molar-refractivity contribution < 1.29 is 9.72 Å². The van der Waals surface area contributed by atoms with Crippen molar-refractivity contribution in [2.24, 2.45) is 0 Å². The van der Waals surface area contributed by atoms with Crippen LogP contribution >= 0.6 is 23.1 Å². The number of nitro groups is 1. The number of carbonyl (C=O) groups is 1. The Morgan fingerprint density at radius 3 is 2.85 bits per heavy atom. The van der Waals surface area contributed by atoms with Gasteiger partial charge < -0.3 is 5.32 Å². The SMILES string of the molecule is C[C@@H](Sc1ccc([N+](=O)[O-])cn1)C(=O)Nc1nccs1. The summed E-state index contributed by atoms with van der Waals surface area (Å²) in [6.45, 7) is 1.73. The highest BCUT2D eigenvalue weighted by molar-refractivity contribution is 8.00. The highest BCUT2D eigenvalue weighted by atomic mass is 32.2. The maximum Gasteiger partial charge on any atom is 0.287 e. The van der Waals surface area contributed by atoms with E-state index in [0.717, 1.165) is 0 Å². The van der Waals surface area contributed by atoms with Gasteiger partial charge in [-0.05, 0) is 13.0 Å². The Hall–Kier alpha value is -2.00. The molecule has 0 spiro atoms. The molecule has 0 saturated heterocycles. The van der Waals surface area contributed by atoms with Crippen molar-refractivity contribution in [2.75, 3.05) is 5.32 Å². The van der Waals surface area contributed by atoms with Gasteiger partial charge in [0, 0.05) is 17.6 Å². The van der Waals surface area contributed by atoms with E-state index in [0.29, 0.717) is 10.2 Å². The van der Waals surface area contributed by atoms with Gasteiger partial charge in [0.25, 0.3) is 5.69 Å². The van der Waals surface area contributed by atoms with Crippen LogP contribution in [0, 0.1) is 10.1 Å². The zero-order valence-electron chi connectivity index (χ0n) is 10.3. The average molecular weight is 310 g/mol. The van der Waals surface area contributed by atoms with E-state index < -0.39 is 4.92 Å². The highest BCUT2D eigenvalue weighted by Gasteiger charge is 2.16. The first-order valence-electron chi connectivity index (χ1n) is 5.53. The molecule has 0 unspecified atom stereocenters. The summed E-state index contributed by atoms with van der Waals surface area (Å²) in [6.07, 6.45) is 2.78. The van der Waals surface area contributed by atoms with E-state index in [1.807, 2.05) is 0 Å². The standard InChI is InChI=1S/C11H10N4O3S2/c1-7(10(16)14-11-12-4-5-19-11)20-9-3-2-8(6-13-9)15(17)18/h2-7H,1H3,(H,12,14,16)/t7-/m1/s1. The quantitative estimate of drug-likeness (QED) is 0.518. The molecule has 2 heterocycles. The monoisotopic (exact) mass is 310 g/mol. The molecule has 0 saturated carbocycles. The summed E-state index contributed by atoms with van der Waals surface area (Å²) in [5.41, 5.74) is -0.0748. The second kappa shape index (κ2) is 6.44. The van der Waals surface area contributed by atoms with Crippen LogP contribution in [0.5, 0.6) is 0 Å². The average Bonchev–Trinajstić information content (AvgIpc) is 2.92. The van der Waals surface area contributed by atoms with Crippen LogP contribution in [0.2, 0.25) is 0 Å². The van der Waals surface area contributed by atoms with Crippen molar-refractivity contribution >= 4 is 39.8 Å². The Morgan fingerprint density at radius 1 is 1.50 bits per heavy atom. The Labute approximate surface area is 122 Å². The summed E-state index contributed by atoms with van der Waals surface area (Å²) < 4.78 is 0. The fourth-order valence-corrected chi connectivity index (χ4v) is 2.60. The first-order valence-corrected chi connectivity index (χ1v) is 7.29. The normalized spacial score (nSPS) is 11.8. The molecule has 0 radical (unpaired) electrons. The van der Waals surface area contributed by atoms with Gasteiger partial charge in [-0.3, -0.25) is 14.9 Å². The van der Waals surface area contributed by atoms with Gasteiger partial charge in [-0.15, -0.1) is 11.3 Å². The van der Waals surface area contributed by atoms with Crippen molar-refractivity contribution in [1.29, 1.82) is 0 Å². The van der Waals surface area contributed by atoms with E-state index in [9.17, 15) is 14.9 Å². The number of carbonyl (C=O) groups excluding carboxylic acids is 1. The lowest BCUT2D eigenvalue weighted by atomic mass is 10.4. The van der Waals surface area contributed by atoms with Crippen LogP contribution in [0.4, 0.5) is 10.8 Å². The van der Waals surface area contributed by atoms with E-state index >= 15 is 0 Å². The van der Waals surface area contributed by atoms with Crippen LogP contribution in [-0.4, -0.2) is 26.0 Å². The molecule has 1 atom stereocenters. The molecule has 0 aromatic carbocycles. The molecule has 20 heavy (non-hydrogen) atoms. The molecular weight excluding hydrogens is 300 g/mol. The van der Waals surface area contributed by atoms with E-state index in [1.54, 1.807) is 18.5 Å². The second-order valence-corrected chi connectivity index (χ2v) is 5.95. The Bertz CT molecular complexity index is 601. The number of hydrogen-bond donors (Lipinski definition) is 1. The summed E-state index contributed by atoms with van der Waals surface area (Å²) in [5, 5.41) is 15.7. The number of anilines is 1. The number of nitrogens with zero attached hydrogens (tertiary/aromatic N) is 3. The molecule has 104 valence electrons. The molecule has 0 fully saturated rings. The van der Waals surface area contributed by atoms with Crippen molar-refractivity contribution in [1.82, 2.24) is 9.97 Å². The minimum absolute atomic E-state index is 0.0748. The summed E-state index contributed by atoms with van der Waals surface area (Å²) in [6, 6.07) is 2.89. The number of pyridine rings is 1. The van der Waals surface area contributed by atoms with Gasteiger partial charge in [0.05, 0.1) is 15.2 Å². The summed E-state index contributed by atoms with van der Waals surface area (Å²) in [7, 11) is 0. The largest absolute Gasteiger partial charge is 0.301 e.